The number of amides is 3. The van der Waals surface area contributed by atoms with Crippen molar-refractivity contribution in [2.45, 2.75) is 39.7 Å². The van der Waals surface area contributed by atoms with E-state index in [4.69, 9.17) is 0 Å². The van der Waals surface area contributed by atoms with Crippen LogP contribution in [0.25, 0.3) is 0 Å². The van der Waals surface area contributed by atoms with E-state index in [-0.39, 0.29) is 23.8 Å². The minimum absolute atomic E-state index is 0.158. The van der Waals surface area contributed by atoms with E-state index in [1.165, 1.54) is 6.92 Å². The maximum absolute atomic E-state index is 12.3. The van der Waals surface area contributed by atoms with E-state index in [0.29, 0.717) is 11.4 Å². The van der Waals surface area contributed by atoms with E-state index >= 15 is 0 Å². The van der Waals surface area contributed by atoms with Gasteiger partial charge in [-0.3, -0.25) is 14.4 Å². The SMILES string of the molecule is CC(=O)Nc1ccc(NC(=O)C(C)(C)C(=O)NC2CC2)cc1. The van der Waals surface area contributed by atoms with Gasteiger partial charge in [-0.1, -0.05) is 0 Å². The summed E-state index contributed by atoms with van der Waals surface area (Å²) >= 11 is 0. The normalized spacial score (nSPS) is 14.1. The molecule has 0 radical (unpaired) electrons. The van der Waals surface area contributed by atoms with Gasteiger partial charge in [-0.25, -0.2) is 0 Å². The van der Waals surface area contributed by atoms with E-state index < -0.39 is 5.41 Å². The standard InChI is InChI=1S/C16H21N3O3/c1-10(20)17-11-4-6-12(7-5-11)18-14(21)16(2,3)15(22)19-13-8-9-13/h4-7,13H,8-9H2,1-3H3,(H,17,20)(H,18,21)(H,19,22). The van der Waals surface area contributed by atoms with Gasteiger partial charge in [-0.2, -0.15) is 0 Å². The van der Waals surface area contributed by atoms with Crippen LogP contribution < -0.4 is 16.0 Å². The van der Waals surface area contributed by atoms with Crippen LogP contribution in [0.1, 0.15) is 33.6 Å². The smallest absolute Gasteiger partial charge is 0.239 e. The van der Waals surface area contributed by atoms with Crippen molar-refractivity contribution in [2.24, 2.45) is 5.41 Å². The minimum Gasteiger partial charge on any atom is -0.352 e. The Kier molecular flexibility index (Phi) is 4.49. The van der Waals surface area contributed by atoms with Gasteiger partial charge in [0, 0.05) is 24.3 Å². The van der Waals surface area contributed by atoms with Crippen LogP contribution in [0.5, 0.6) is 0 Å². The third-order valence-corrected chi connectivity index (χ3v) is 3.51. The fourth-order valence-corrected chi connectivity index (χ4v) is 1.82. The number of carbonyl (C=O) groups excluding carboxylic acids is 3. The number of hydrogen-bond donors (Lipinski definition) is 3. The van der Waals surface area contributed by atoms with Crippen LogP contribution in [0.4, 0.5) is 11.4 Å². The molecule has 3 N–H and O–H groups in total. The molecule has 0 aliphatic heterocycles. The number of benzene rings is 1. The molecule has 1 aromatic rings. The Morgan fingerprint density at radius 1 is 0.955 bits per heavy atom. The number of anilines is 2. The Hall–Kier alpha value is -2.37. The van der Waals surface area contributed by atoms with Crippen LogP contribution in [-0.2, 0) is 14.4 Å². The largest absolute Gasteiger partial charge is 0.352 e. The third-order valence-electron chi connectivity index (χ3n) is 3.51. The van der Waals surface area contributed by atoms with Crippen molar-refractivity contribution in [3.05, 3.63) is 24.3 Å². The zero-order chi connectivity index (χ0) is 16.3. The van der Waals surface area contributed by atoms with Gasteiger partial charge in [0.05, 0.1) is 0 Å². The van der Waals surface area contributed by atoms with E-state index in [0.717, 1.165) is 12.8 Å². The van der Waals surface area contributed by atoms with Crippen molar-refractivity contribution >= 4 is 29.1 Å². The molecule has 0 atom stereocenters. The van der Waals surface area contributed by atoms with Crippen molar-refractivity contribution in [1.82, 2.24) is 5.32 Å². The van der Waals surface area contributed by atoms with E-state index in [2.05, 4.69) is 16.0 Å². The molecule has 0 bridgehead atoms. The molecule has 6 nitrogen and oxygen atoms in total. The second-order valence-electron chi connectivity index (χ2n) is 6.09. The van der Waals surface area contributed by atoms with Gasteiger partial charge >= 0.3 is 0 Å². The van der Waals surface area contributed by atoms with Crippen molar-refractivity contribution in [3.8, 4) is 0 Å². The maximum atomic E-state index is 12.3. The summed E-state index contributed by atoms with van der Waals surface area (Å²) in [6.07, 6.45) is 1.96. The second kappa shape index (κ2) is 6.17. The van der Waals surface area contributed by atoms with E-state index in [9.17, 15) is 14.4 Å². The second-order valence-corrected chi connectivity index (χ2v) is 6.09. The molecule has 1 aliphatic carbocycles. The highest BCUT2D eigenvalue weighted by Crippen LogP contribution is 2.24. The topological polar surface area (TPSA) is 87.3 Å². The summed E-state index contributed by atoms with van der Waals surface area (Å²) in [5.74, 6) is -0.782. The van der Waals surface area contributed by atoms with Gasteiger partial charge in [0.25, 0.3) is 0 Å². The predicted molar refractivity (Wildman–Crippen MR) is 84.3 cm³/mol. The molecule has 118 valence electrons. The van der Waals surface area contributed by atoms with Crippen LogP contribution >= 0.6 is 0 Å². The zero-order valence-electron chi connectivity index (χ0n) is 13.0. The van der Waals surface area contributed by atoms with Gasteiger partial charge in [0.2, 0.25) is 17.7 Å². The molecule has 1 fully saturated rings. The molecule has 0 heterocycles. The Balaban J connectivity index is 1.97. The van der Waals surface area contributed by atoms with Crippen LogP contribution in [0, 0.1) is 5.41 Å². The molecule has 0 unspecified atom stereocenters. The van der Waals surface area contributed by atoms with Gasteiger partial charge in [-0.15, -0.1) is 0 Å². The van der Waals surface area contributed by atoms with Crippen LogP contribution in [0.15, 0.2) is 24.3 Å². The lowest BCUT2D eigenvalue weighted by molar-refractivity contribution is -0.138. The fraction of sp³-hybridized carbons (Fsp3) is 0.438. The Labute approximate surface area is 129 Å². The average molecular weight is 303 g/mol. The molecule has 0 saturated heterocycles. The molecule has 1 aliphatic rings. The van der Waals surface area contributed by atoms with Gasteiger partial charge in [0.1, 0.15) is 5.41 Å². The molecular formula is C16H21N3O3. The molecule has 0 aromatic heterocycles. The quantitative estimate of drug-likeness (QED) is 0.726. The summed E-state index contributed by atoms with van der Waals surface area (Å²) < 4.78 is 0. The van der Waals surface area contributed by atoms with E-state index in [1.807, 2.05) is 0 Å². The molecule has 2 rings (SSSR count). The van der Waals surface area contributed by atoms with Crippen molar-refractivity contribution in [1.29, 1.82) is 0 Å². The Morgan fingerprint density at radius 2 is 1.45 bits per heavy atom. The minimum atomic E-state index is -1.14. The number of carbonyl (C=O) groups is 3. The van der Waals surface area contributed by atoms with E-state index in [1.54, 1.807) is 38.1 Å². The zero-order valence-corrected chi connectivity index (χ0v) is 13.0. The number of rotatable bonds is 5. The predicted octanol–water partition coefficient (Wildman–Crippen LogP) is 1.89. The molecule has 22 heavy (non-hydrogen) atoms. The fourth-order valence-electron chi connectivity index (χ4n) is 1.82. The lowest BCUT2D eigenvalue weighted by Gasteiger charge is -2.22. The van der Waals surface area contributed by atoms with Gasteiger partial charge < -0.3 is 16.0 Å². The summed E-state index contributed by atoms with van der Waals surface area (Å²) in [4.78, 5) is 35.4. The average Bonchev–Trinajstić information content (AvgIpc) is 3.24. The van der Waals surface area contributed by atoms with Crippen molar-refractivity contribution < 1.29 is 14.4 Å². The molecule has 0 spiro atoms. The summed E-state index contributed by atoms with van der Waals surface area (Å²) in [6.45, 7) is 4.63. The summed E-state index contributed by atoms with van der Waals surface area (Å²) in [5.41, 5.74) is 0.0847. The molecule has 6 heteroatoms. The first-order chi connectivity index (χ1) is 10.3. The summed E-state index contributed by atoms with van der Waals surface area (Å²) in [6, 6.07) is 6.95. The Bertz CT molecular complexity index is 589. The van der Waals surface area contributed by atoms with Crippen LogP contribution in [-0.4, -0.2) is 23.8 Å². The highest BCUT2D eigenvalue weighted by molar-refractivity contribution is 6.10. The lowest BCUT2D eigenvalue weighted by Crippen LogP contribution is -2.45. The number of nitrogens with one attached hydrogen (secondary N) is 3. The molecule has 1 aromatic carbocycles. The first-order valence-electron chi connectivity index (χ1n) is 7.29. The van der Waals surface area contributed by atoms with Gasteiger partial charge in [0.15, 0.2) is 0 Å². The van der Waals surface area contributed by atoms with Crippen molar-refractivity contribution in [2.75, 3.05) is 10.6 Å². The maximum Gasteiger partial charge on any atom is 0.239 e. The van der Waals surface area contributed by atoms with Gasteiger partial charge in [-0.05, 0) is 51.0 Å². The lowest BCUT2D eigenvalue weighted by atomic mass is 9.91. The third kappa shape index (κ3) is 4.07. The first kappa shape index (κ1) is 16.0. The summed E-state index contributed by atoms with van der Waals surface area (Å²) in [5, 5.41) is 8.22. The summed E-state index contributed by atoms with van der Waals surface area (Å²) in [7, 11) is 0. The van der Waals surface area contributed by atoms with Crippen LogP contribution in [0.3, 0.4) is 0 Å². The number of hydrogen-bond acceptors (Lipinski definition) is 3. The molecular weight excluding hydrogens is 282 g/mol. The highest BCUT2D eigenvalue weighted by Gasteiger charge is 2.38. The highest BCUT2D eigenvalue weighted by atomic mass is 16.2. The van der Waals surface area contributed by atoms with Crippen LogP contribution in [0.2, 0.25) is 0 Å². The Morgan fingerprint density at radius 3 is 1.91 bits per heavy atom. The van der Waals surface area contributed by atoms with Crippen molar-refractivity contribution in [3.63, 3.8) is 0 Å². The first-order valence-corrected chi connectivity index (χ1v) is 7.29. The monoisotopic (exact) mass is 303 g/mol. The molecule has 1 saturated carbocycles. The molecule has 3 amide bonds.